The molecule has 0 aromatic carbocycles. The lowest BCUT2D eigenvalue weighted by Crippen LogP contribution is -1.61. The van der Waals surface area contributed by atoms with Gasteiger partial charge in [0.15, 0.2) is 0 Å². The Balaban J connectivity index is 3.68. The third kappa shape index (κ3) is 5.09. The molecule has 9 heavy (non-hydrogen) atoms. The molecule has 0 nitrogen and oxygen atoms in total. The SMILES string of the molecule is C=C/C(C)=C/C=C\CC. The van der Waals surface area contributed by atoms with Gasteiger partial charge in [0.1, 0.15) is 0 Å². The van der Waals surface area contributed by atoms with Crippen LogP contribution >= 0.6 is 0 Å². The average Bonchev–Trinajstić information content (AvgIpc) is 1.89. The van der Waals surface area contributed by atoms with Crippen molar-refractivity contribution < 1.29 is 0 Å². The Hall–Kier alpha value is -0.780. The molecule has 0 saturated heterocycles. The predicted octanol–water partition coefficient (Wildman–Crippen LogP) is 3.08. The Morgan fingerprint density at radius 2 is 2.22 bits per heavy atom. The third-order valence-electron chi connectivity index (χ3n) is 1.05. The van der Waals surface area contributed by atoms with Gasteiger partial charge in [-0.3, -0.25) is 0 Å². The minimum Gasteiger partial charge on any atom is -0.0988 e. The van der Waals surface area contributed by atoms with Gasteiger partial charge in [0.25, 0.3) is 0 Å². The summed E-state index contributed by atoms with van der Waals surface area (Å²) in [7, 11) is 0. The van der Waals surface area contributed by atoms with Crippen molar-refractivity contribution in [2.75, 3.05) is 0 Å². The highest BCUT2D eigenvalue weighted by Crippen LogP contribution is 1.92. The van der Waals surface area contributed by atoms with E-state index in [0.717, 1.165) is 6.42 Å². The summed E-state index contributed by atoms with van der Waals surface area (Å²) in [4.78, 5) is 0. The lowest BCUT2D eigenvalue weighted by molar-refractivity contribution is 1.22. The minimum atomic E-state index is 1.10. The van der Waals surface area contributed by atoms with Crippen molar-refractivity contribution in [1.82, 2.24) is 0 Å². The van der Waals surface area contributed by atoms with Gasteiger partial charge in [0.05, 0.1) is 0 Å². The van der Waals surface area contributed by atoms with Crippen LogP contribution in [0.2, 0.25) is 0 Å². The van der Waals surface area contributed by atoms with Gasteiger partial charge in [-0.15, -0.1) is 0 Å². The van der Waals surface area contributed by atoms with E-state index in [1.54, 1.807) is 0 Å². The molecule has 0 amide bonds. The Morgan fingerprint density at radius 1 is 1.56 bits per heavy atom. The van der Waals surface area contributed by atoms with Gasteiger partial charge in [-0.25, -0.2) is 0 Å². The molecule has 0 heterocycles. The van der Waals surface area contributed by atoms with Crippen molar-refractivity contribution >= 4 is 0 Å². The van der Waals surface area contributed by atoms with Crippen LogP contribution < -0.4 is 0 Å². The van der Waals surface area contributed by atoms with Gasteiger partial charge >= 0.3 is 0 Å². The molecule has 0 heteroatoms. The van der Waals surface area contributed by atoms with E-state index in [-0.39, 0.29) is 0 Å². The molecule has 0 aromatic heterocycles. The van der Waals surface area contributed by atoms with E-state index in [9.17, 15) is 0 Å². The fourth-order valence-electron chi connectivity index (χ4n) is 0.424. The molecule has 0 aliphatic carbocycles. The largest absolute Gasteiger partial charge is 0.0988 e. The molecule has 0 bridgehead atoms. The number of hydrogen-bond acceptors (Lipinski definition) is 0. The van der Waals surface area contributed by atoms with Crippen molar-refractivity contribution in [2.45, 2.75) is 20.3 Å². The molecule has 0 aliphatic heterocycles. The first kappa shape index (κ1) is 8.22. The van der Waals surface area contributed by atoms with Gasteiger partial charge in [-0.05, 0) is 13.3 Å². The Morgan fingerprint density at radius 3 is 2.67 bits per heavy atom. The van der Waals surface area contributed by atoms with Gasteiger partial charge < -0.3 is 0 Å². The number of allylic oxidation sites excluding steroid dienone is 5. The molecule has 50 valence electrons. The fraction of sp³-hybridized carbons (Fsp3) is 0.333. The second-order valence-electron chi connectivity index (χ2n) is 1.95. The molecule has 0 spiro atoms. The zero-order chi connectivity index (χ0) is 7.11. The van der Waals surface area contributed by atoms with Gasteiger partial charge in [-0.2, -0.15) is 0 Å². The minimum absolute atomic E-state index is 1.10. The van der Waals surface area contributed by atoms with Crippen LogP contribution in [0.15, 0.2) is 36.5 Å². The maximum Gasteiger partial charge on any atom is -0.0376 e. The lowest BCUT2D eigenvalue weighted by Gasteiger charge is -1.82. The third-order valence-corrected chi connectivity index (χ3v) is 1.05. The topological polar surface area (TPSA) is 0 Å². The summed E-state index contributed by atoms with van der Waals surface area (Å²) >= 11 is 0. The molecule has 0 radical (unpaired) electrons. The van der Waals surface area contributed by atoms with E-state index in [1.807, 2.05) is 13.0 Å². The summed E-state index contributed by atoms with van der Waals surface area (Å²) in [5, 5.41) is 0. The highest BCUT2D eigenvalue weighted by molar-refractivity contribution is 5.19. The van der Waals surface area contributed by atoms with Crippen LogP contribution in [0.5, 0.6) is 0 Å². The Labute approximate surface area is 57.6 Å². The van der Waals surface area contributed by atoms with E-state index >= 15 is 0 Å². The molecule has 0 aliphatic rings. The first-order valence-corrected chi connectivity index (χ1v) is 3.27. The monoisotopic (exact) mass is 122 g/mol. The molecule has 0 unspecified atom stereocenters. The summed E-state index contributed by atoms with van der Waals surface area (Å²) in [6.45, 7) is 7.79. The lowest BCUT2D eigenvalue weighted by atomic mass is 10.2. The van der Waals surface area contributed by atoms with Crippen LogP contribution in [0.4, 0.5) is 0 Å². The van der Waals surface area contributed by atoms with E-state index in [2.05, 4.69) is 31.7 Å². The van der Waals surface area contributed by atoms with Crippen molar-refractivity contribution in [3.05, 3.63) is 36.5 Å². The molecule has 0 N–H and O–H groups in total. The maximum absolute atomic E-state index is 3.64. The van der Waals surface area contributed by atoms with Crippen molar-refractivity contribution in [2.24, 2.45) is 0 Å². The van der Waals surface area contributed by atoms with Gasteiger partial charge in [0, 0.05) is 0 Å². The van der Waals surface area contributed by atoms with Gasteiger partial charge in [-0.1, -0.05) is 43.4 Å². The van der Waals surface area contributed by atoms with Crippen molar-refractivity contribution in [3.63, 3.8) is 0 Å². The van der Waals surface area contributed by atoms with E-state index in [4.69, 9.17) is 0 Å². The van der Waals surface area contributed by atoms with E-state index < -0.39 is 0 Å². The van der Waals surface area contributed by atoms with Gasteiger partial charge in [0.2, 0.25) is 0 Å². The summed E-state index contributed by atoms with van der Waals surface area (Å²) in [5.74, 6) is 0. The van der Waals surface area contributed by atoms with Crippen LogP contribution in [-0.4, -0.2) is 0 Å². The van der Waals surface area contributed by atoms with Crippen molar-refractivity contribution in [1.29, 1.82) is 0 Å². The normalized spacial score (nSPS) is 12.4. The maximum atomic E-state index is 3.64. The quantitative estimate of drug-likeness (QED) is 0.504. The Bertz CT molecular complexity index is 127. The van der Waals surface area contributed by atoms with Crippen LogP contribution in [-0.2, 0) is 0 Å². The smallest absolute Gasteiger partial charge is 0.0376 e. The zero-order valence-corrected chi connectivity index (χ0v) is 6.22. The second kappa shape index (κ2) is 5.36. The van der Waals surface area contributed by atoms with Crippen LogP contribution in [0, 0.1) is 0 Å². The molecule has 0 atom stereocenters. The summed E-state index contributed by atoms with van der Waals surface area (Å²) in [6.07, 6.45) is 9.17. The fourth-order valence-corrected chi connectivity index (χ4v) is 0.424. The van der Waals surface area contributed by atoms with E-state index in [0.29, 0.717) is 0 Å². The van der Waals surface area contributed by atoms with Crippen LogP contribution in [0.25, 0.3) is 0 Å². The second-order valence-corrected chi connectivity index (χ2v) is 1.95. The van der Waals surface area contributed by atoms with Crippen LogP contribution in [0.3, 0.4) is 0 Å². The predicted molar refractivity (Wildman–Crippen MR) is 43.4 cm³/mol. The van der Waals surface area contributed by atoms with E-state index in [1.165, 1.54) is 5.57 Å². The molecule has 0 rings (SSSR count). The molecule has 0 saturated carbocycles. The highest BCUT2D eigenvalue weighted by atomic mass is 13.8. The first-order chi connectivity index (χ1) is 4.31. The zero-order valence-electron chi connectivity index (χ0n) is 6.22. The standard InChI is InChI=1S/C9H14/c1-4-6-7-8-9(3)5-2/h5-8H,2,4H2,1,3H3/b7-6-,9-8+. The first-order valence-electron chi connectivity index (χ1n) is 3.27. The Kier molecular flexibility index (Phi) is 4.89. The molecule has 0 fully saturated rings. The number of hydrogen-bond donors (Lipinski definition) is 0. The van der Waals surface area contributed by atoms with Crippen LogP contribution in [0.1, 0.15) is 20.3 Å². The summed E-state index contributed by atoms with van der Waals surface area (Å²) in [5.41, 5.74) is 1.21. The molecular formula is C9H14. The summed E-state index contributed by atoms with van der Waals surface area (Å²) < 4.78 is 0. The van der Waals surface area contributed by atoms with Crippen molar-refractivity contribution in [3.8, 4) is 0 Å². The number of rotatable bonds is 3. The molecule has 0 aromatic rings. The highest BCUT2D eigenvalue weighted by Gasteiger charge is 1.71. The molecular weight excluding hydrogens is 108 g/mol. The summed E-state index contributed by atoms with van der Waals surface area (Å²) in [6, 6.07) is 0. The average molecular weight is 122 g/mol.